The predicted molar refractivity (Wildman–Crippen MR) is 258 cm³/mol. The smallest absolute Gasteiger partial charge is 0.164 e. The van der Waals surface area contributed by atoms with E-state index in [0.29, 0.717) is 17.5 Å². The van der Waals surface area contributed by atoms with E-state index in [0.717, 1.165) is 82.8 Å². The van der Waals surface area contributed by atoms with Gasteiger partial charge >= 0.3 is 0 Å². The first-order valence-corrected chi connectivity index (χ1v) is 21.2. The van der Waals surface area contributed by atoms with Crippen molar-refractivity contribution < 1.29 is 4.42 Å². The first kappa shape index (κ1) is 35.2. The molecule has 0 aliphatic heterocycles. The normalized spacial score (nSPS) is 11.8. The molecule has 0 unspecified atom stereocenters. The number of furan rings is 1. The molecule has 0 N–H and O–H groups in total. The maximum Gasteiger partial charge on any atom is 0.164 e. The third-order valence-corrected chi connectivity index (χ3v) is 12.4. The molecule has 4 heterocycles. The molecular formula is C57H35N5O. The third kappa shape index (κ3) is 5.55. The lowest BCUT2D eigenvalue weighted by atomic mass is 10.0. The molecule has 13 aromatic rings. The van der Waals surface area contributed by atoms with Gasteiger partial charge in [0.15, 0.2) is 17.5 Å². The van der Waals surface area contributed by atoms with Crippen molar-refractivity contribution in [1.29, 1.82) is 0 Å². The van der Waals surface area contributed by atoms with Crippen molar-refractivity contribution in [2.24, 2.45) is 0 Å². The SMILES string of the molecule is c1ccc(-c2ccc3c(c2)c2ccccc2n3-c2ccc3oc4ccc5c6c(-c7nc(-c8ccccc8)nc(-c8ccccc8)n7)cccc6n(-c6ccccc6)c5c4c3c2)cc1. The van der Waals surface area contributed by atoms with Crippen LogP contribution in [0.1, 0.15) is 0 Å². The van der Waals surface area contributed by atoms with Crippen molar-refractivity contribution in [3.63, 3.8) is 0 Å². The first-order valence-electron chi connectivity index (χ1n) is 21.2. The molecule has 0 saturated carbocycles. The van der Waals surface area contributed by atoms with Crippen LogP contribution in [0.4, 0.5) is 0 Å². The summed E-state index contributed by atoms with van der Waals surface area (Å²) in [7, 11) is 0. The predicted octanol–water partition coefficient (Wildman–Crippen LogP) is 14.6. The second-order valence-corrected chi connectivity index (χ2v) is 16.0. The number of benzene rings is 9. The Labute approximate surface area is 361 Å². The summed E-state index contributed by atoms with van der Waals surface area (Å²) in [5, 5.41) is 6.66. The summed E-state index contributed by atoms with van der Waals surface area (Å²) in [4.78, 5) is 15.4. The lowest BCUT2D eigenvalue weighted by Gasteiger charge is -2.10. The average molecular weight is 806 g/mol. The fourth-order valence-electron chi connectivity index (χ4n) is 9.56. The molecule has 0 spiro atoms. The number of nitrogens with zero attached hydrogens (tertiary/aromatic N) is 5. The highest BCUT2D eigenvalue weighted by Gasteiger charge is 2.24. The Kier molecular flexibility index (Phi) is 7.80. The van der Waals surface area contributed by atoms with Crippen LogP contribution in [0.25, 0.3) is 122 Å². The topological polar surface area (TPSA) is 61.7 Å². The zero-order chi connectivity index (χ0) is 41.4. The molecule has 0 fully saturated rings. The van der Waals surface area contributed by atoms with Gasteiger partial charge in [-0.1, -0.05) is 146 Å². The van der Waals surface area contributed by atoms with Gasteiger partial charge in [-0.15, -0.1) is 0 Å². The van der Waals surface area contributed by atoms with E-state index in [9.17, 15) is 0 Å². The van der Waals surface area contributed by atoms with Gasteiger partial charge in [-0.05, 0) is 77.9 Å². The highest BCUT2D eigenvalue weighted by Crippen LogP contribution is 2.45. The molecule has 63 heavy (non-hydrogen) atoms. The van der Waals surface area contributed by atoms with Crippen LogP contribution in [-0.2, 0) is 0 Å². The van der Waals surface area contributed by atoms with Gasteiger partial charge in [0.2, 0.25) is 0 Å². The molecule has 0 aliphatic carbocycles. The van der Waals surface area contributed by atoms with E-state index in [1.807, 2.05) is 60.7 Å². The van der Waals surface area contributed by atoms with E-state index in [4.69, 9.17) is 19.4 Å². The summed E-state index contributed by atoms with van der Waals surface area (Å²) in [6.07, 6.45) is 0. The number of hydrogen-bond donors (Lipinski definition) is 0. The number of para-hydroxylation sites is 2. The molecule has 6 heteroatoms. The van der Waals surface area contributed by atoms with Crippen LogP contribution in [0.2, 0.25) is 0 Å². The van der Waals surface area contributed by atoms with E-state index < -0.39 is 0 Å². The van der Waals surface area contributed by atoms with Crippen LogP contribution in [0.5, 0.6) is 0 Å². The Balaban J connectivity index is 1.09. The highest BCUT2D eigenvalue weighted by molar-refractivity contribution is 6.27. The van der Waals surface area contributed by atoms with Gasteiger partial charge < -0.3 is 13.6 Å². The van der Waals surface area contributed by atoms with Gasteiger partial charge in [0.1, 0.15) is 11.2 Å². The molecule has 0 radical (unpaired) electrons. The molecule has 6 nitrogen and oxygen atoms in total. The third-order valence-electron chi connectivity index (χ3n) is 12.4. The largest absolute Gasteiger partial charge is 0.456 e. The zero-order valence-electron chi connectivity index (χ0n) is 33.9. The Hall–Kier alpha value is -8.61. The van der Waals surface area contributed by atoms with Gasteiger partial charge in [0.25, 0.3) is 0 Å². The van der Waals surface area contributed by atoms with Crippen molar-refractivity contribution >= 4 is 65.6 Å². The van der Waals surface area contributed by atoms with Gasteiger partial charge in [0, 0.05) is 55.0 Å². The molecule has 0 atom stereocenters. The minimum absolute atomic E-state index is 0.613. The minimum Gasteiger partial charge on any atom is -0.456 e. The standard InChI is InChI=1S/C57H35N5O/c1-5-16-36(17-6-1)39-28-31-48-45(34-39)42-24-13-14-26-47(42)61(48)41-29-32-50-46(35-41)53-51(63-50)33-30-43-52-44(25-15-27-49(52)62(54(43)53)40-22-11-4-12-23-40)57-59-55(37-18-7-2-8-19-37)58-56(60-57)38-20-9-3-10-21-38/h1-35H. The van der Waals surface area contributed by atoms with Gasteiger partial charge in [0.05, 0.1) is 27.5 Å². The van der Waals surface area contributed by atoms with E-state index in [2.05, 4.69) is 161 Å². The van der Waals surface area contributed by atoms with Crippen LogP contribution < -0.4 is 0 Å². The van der Waals surface area contributed by atoms with Crippen LogP contribution in [0.3, 0.4) is 0 Å². The monoisotopic (exact) mass is 805 g/mol. The van der Waals surface area contributed by atoms with Crippen LogP contribution >= 0.6 is 0 Å². The van der Waals surface area contributed by atoms with Crippen LogP contribution in [-0.4, -0.2) is 24.1 Å². The van der Waals surface area contributed by atoms with Crippen molar-refractivity contribution in [3.8, 4) is 56.7 Å². The zero-order valence-corrected chi connectivity index (χ0v) is 33.9. The number of hydrogen-bond acceptors (Lipinski definition) is 4. The number of rotatable bonds is 6. The van der Waals surface area contributed by atoms with E-state index in [1.54, 1.807) is 0 Å². The molecule has 9 aromatic carbocycles. The number of fused-ring (bicyclic) bond motifs is 10. The van der Waals surface area contributed by atoms with Gasteiger partial charge in [-0.3, -0.25) is 0 Å². The molecule has 0 aliphatic rings. The summed E-state index contributed by atoms with van der Waals surface area (Å²) in [6.45, 7) is 0. The average Bonchev–Trinajstić information content (AvgIpc) is 4.02. The maximum atomic E-state index is 6.75. The highest BCUT2D eigenvalue weighted by atomic mass is 16.3. The lowest BCUT2D eigenvalue weighted by Crippen LogP contribution is -2.00. The summed E-state index contributed by atoms with van der Waals surface area (Å²) in [5.41, 5.74) is 13.4. The van der Waals surface area contributed by atoms with Crippen LogP contribution in [0.15, 0.2) is 217 Å². The summed E-state index contributed by atoms with van der Waals surface area (Å²) in [5.74, 6) is 1.86. The summed E-state index contributed by atoms with van der Waals surface area (Å²) in [6, 6.07) is 74.4. The van der Waals surface area contributed by atoms with E-state index in [1.165, 1.54) is 21.9 Å². The summed E-state index contributed by atoms with van der Waals surface area (Å²) >= 11 is 0. The van der Waals surface area contributed by atoms with Crippen molar-refractivity contribution in [1.82, 2.24) is 24.1 Å². The second-order valence-electron chi connectivity index (χ2n) is 16.0. The number of aromatic nitrogens is 5. The molecular weight excluding hydrogens is 771 g/mol. The Bertz CT molecular complexity index is 3830. The van der Waals surface area contributed by atoms with Crippen molar-refractivity contribution in [2.75, 3.05) is 0 Å². The molecule has 0 saturated heterocycles. The van der Waals surface area contributed by atoms with E-state index in [-0.39, 0.29) is 0 Å². The lowest BCUT2D eigenvalue weighted by molar-refractivity contribution is 0.669. The van der Waals surface area contributed by atoms with Gasteiger partial charge in [-0.25, -0.2) is 15.0 Å². The molecule has 13 rings (SSSR count). The van der Waals surface area contributed by atoms with Crippen molar-refractivity contribution in [2.45, 2.75) is 0 Å². The fourth-order valence-corrected chi connectivity index (χ4v) is 9.56. The molecule has 4 aromatic heterocycles. The minimum atomic E-state index is 0.613. The quantitative estimate of drug-likeness (QED) is 0.168. The van der Waals surface area contributed by atoms with E-state index >= 15 is 0 Å². The van der Waals surface area contributed by atoms with Crippen LogP contribution in [0, 0.1) is 0 Å². The molecule has 0 amide bonds. The fraction of sp³-hybridized carbons (Fsp3) is 0. The van der Waals surface area contributed by atoms with Gasteiger partial charge in [-0.2, -0.15) is 0 Å². The Morgan fingerprint density at radius 2 is 0.921 bits per heavy atom. The summed E-state index contributed by atoms with van der Waals surface area (Å²) < 4.78 is 11.5. The van der Waals surface area contributed by atoms with Crippen molar-refractivity contribution in [3.05, 3.63) is 212 Å². The Morgan fingerprint density at radius 1 is 0.317 bits per heavy atom. The first-order chi connectivity index (χ1) is 31.2. The maximum absolute atomic E-state index is 6.75. The second kappa shape index (κ2) is 14.0. The molecule has 294 valence electrons. The Morgan fingerprint density at radius 3 is 1.65 bits per heavy atom. The molecule has 0 bridgehead atoms.